The lowest BCUT2D eigenvalue weighted by Crippen LogP contribution is -1.75. The molecule has 0 saturated heterocycles. The van der Waals surface area contributed by atoms with Crippen molar-refractivity contribution in [3.63, 3.8) is 0 Å². The van der Waals surface area contributed by atoms with E-state index in [-0.39, 0.29) is 0 Å². The van der Waals surface area contributed by atoms with Gasteiger partial charge in [-0.1, -0.05) is 32.6 Å². The second-order valence-electron chi connectivity index (χ2n) is 2.50. The summed E-state index contributed by atoms with van der Waals surface area (Å²) >= 11 is 0. The monoisotopic (exact) mass is 177 g/mol. The summed E-state index contributed by atoms with van der Waals surface area (Å²) in [5, 5.41) is 0. The molecule has 1 heteroatoms. The minimum atomic E-state index is 1.10. The fourth-order valence-electron chi connectivity index (χ4n) is 1.11. The predicted octanol–water partition coefficient (Wildman–Crippen LogP) is 4.03. The molecule has 0 unspecified atom stereocenters. The Morgan fingerprint density at radius 3 is 2.46 bits per heavy atom. The standard InChI is InChI=1S/C10H13N.C2H6/c1-4-6-9-8(3)7-11-10(9)5-2;1-2/h4-7,11H,2H2,1,3H3;1-2H3/b6-4-;. The van der Waals surface area contributed by atoms with Crippen LogP contribution < -0.4 is 0 Å². The van der Waals surface area contributed by atoms with Gasteiger partial charge in [0.2, 0.25) is 0 Å². The van der Waals surface area contributed by atoms with Crippen molar-refractivity contribution < 1.29 is 0 Å². The number of nitrogens with one attached hydrogen (secondary N) is 1. The molecule has 1 aromatic heterocycles. The van der Waals surface area contributed by atoms with Gasteiger partial charge in [-0.3, -0.25) is 0 Å². The van der Waals surface area contributed by atoms with Crippen molar-refractivity contribution in [2.45, 2.75) is 27.7 Å². The third-order valence-corrected chi connectivity index (χ3v) is 1.70. The molecule has 0 aromatic carbocycles. The van der Waals surface area contributed by atoms with Crippen LogP contribution in [0.25, 0.3) is 12.2 Å². The molecule has 0 aliphatic rings. The van der Waals surface area contributed by atoms with Gasteiger partial charge in [0.25, 0.3) is 0 Å². The minimum absolute atomic E-state index is 1.10. The number of rotatable bonds is 2. The highest BCUT2D eigenvalue weighted by atomic mass is 14.7. The number of aromatic amines is 1. The first-order chi connectivity index (χ1) is 6.29. The maximum Gasteiger partial charge on any atom is 0.0450 e. The van der Waals surface area contributed by atoms with E-state index >= 15 is 0 Å². The van der Waals surface area contributed by atoms with Gasteiger partial charge in [-0.05, 0) is 25.5 Å². The molecule has 72 valence electrons. The number of allylic oxidation sites excluding steroid dienone is 1. The van der Waals surface area contributed by atoms with Gasteiger partial charge in [-0.15, -0.1) is 0 Å². The number of aryl methyl sites for hydroxylation is 1. The molecule has 0 atom stereocenters. The molecule has 1 nitrogen and oxygen atoms in total. The Bertz CT molecular complexity index is 279. The largest absolute Gasteiger partial charge is 0.361 e. The summed E-state index contributed by atoms with van der Waals surface area (Å²) in [7, 11) is 0. The summed E-state index contributed by atoms with van der Waals surface area (Å²) in [6.45, 7) is 11.8. The molecule has 1 heterocycles. The lowest BCUT2D eigenvalue weighted by molar-refractivity contribution is 1.36. The van der Waals surface area contributed by atoms with Crippen molar-refractivity contribution in [1.82, 2.24) is 4.98 Å². The Morgan fingerprint density at radius 1 is 1.38 bits per heavy atom. The predicted molar refractivity (Wildman–Crippen MR) is 61.7 cm³/mol. The maximum absolute atomic E-state index is 3.72. The molecule has 0 amide bonds. The molecular weight excluding hydrogens is 158 g/mol. The molecule has 0 fully saturated rings. The van der Waals surface area contributed by atoms with Crippen molar-refractivity contribution in [2.75, 3.05) is 0 Å². The van der Waals surface area contributed by atoms with Crippen LogP contribution in [-0.4, -0.2) is 4.98 Å². The van der Waals surface area contributed by atoms with Crippen LogP contribution in [0.4, 0.5) is 0 Å². The average molecular weight is 177 g/mol. The van der Waals surface area contributed by atoms with Gasteiger partial charge in [-0.25, -0.2) is 0 Å². The van der Waals surface area contributed by atoms with Crippen LogP contribution in [0.3, 0.4) is 0 Å². The van der Waals surface area contributed by atoms with E-state index in [4.69, 9.17) is 0 Å². The van der Waals surface area contributed by atoms with Crippen LogP contribution in [0.1, 0.15) is 37.6 Å². The zero-order chi connectivity index (χ0) is 10.3. The Hall–Kier alpha value is -1.24. The van der Waals surface area contributed by atoms with Gasteiger partial charge in [-0.2, -0.15) is 0 Å². The Labute approximate surface area is 81.2 Å². The third-order valence-electron chi connectivity index (χ3n) is 1.70. The maximum atomic E-state index is 3.72. The molecule has 1 rings (SSSR count). The smallest absolute Gasteiger partial charge is 0.0450 e. The average Bonchev–Trinajstić information content (AvgIpc) is 2.52. The number of H-pyrrole nitrogens is 1. The van der Waals surface area contributed by atoms with Crippen LogP contribution in [0, 0.1) is 6.92 Å². The van der Waals surface area contributed by atoms with Gasteiger partial charge >= 0.3 is 0 Å². The topological polar surface area (TPSA) is 15.8 Å². The summed E-state index contributed by atoms with van der Waals surface area (Å²) in [6, 6.07) is 0. The summed E-state index contributed by atoms with van der Waals surface area (Å²) in [6.07, 6.45) is 7.95. The molecule has 1 N–H and O–H groups in total. The Kier molecular flexibility index (Phi) is 5.69. The molecule has 13 heavy (non-hydrogen) atoms. The first-order valence-electron chi connectivity index (χ1n) is 4.72. The molecule has 0 radical (unpaired) electrons. The van der Waals surface area contributed by atoms with Crippen LogP contribution in [0.5, 0.6) is 0 Å². The van der Waals surface area contributed by atoms with Crippen molar-refractivity contribution in [1.29, 1.82) is 0 Å². The van der Waals surface area contributed by atoms with E-state index in [9.17, 15) is 0 Å². The Balaban J connectivity index is 0.000000671. The van der Waals surface area contributed by atoms with Crippen LogP contribution in [0.2, 0.25) is 0 Å². The first-order valence-corrected chi connectivity index (χ1v) is 4.72. The highest BCUT2D eigenvalue weighted by Crippen LogP contribution is 2.15. The van der Waals surface area contributed by atoms with Gasteiger partial charge in [0.15, 0.2) is 0 Å². The quantitative estimate of drug-likeness (QED) is 0.702. The molecule has 0 saturated carbocycles. The molecule has 0 bridgehead atoms. The van der Waals surface area contributed by atoms with E-state index in [0.717, 1.165) is 5.69 Å². The highest BCUT2D eigenvalue weighted by Gasteiger charge is 1.99. The molecular formula is C12H19N. The van der Waals surface area contributed by atoms with E-state index in [1.165, 1.54) is 11.1 Å². The van der Waals surface area contributed by atoms with Crippen LogP contribution in [0.15, 0.2) is 18.9 Å². The number of aromatic nitrogens is 1. The van der Waals surface area contributed by atoms with E-state index < -0.39 is 0 Å². The second kappa shape index (κ2) is 6.30. The van der Waals surface area contributed by atoms with Crippen LogP contribution >= 0.6 is 0 Å². The van der Waals surface area contributed by atoms with E-state index in [1.54, 1.807) is 0 Å². The minimum Gasteiger partial charge on any atom is -0.361 e. The van der Waals surface area contributed by atoms with E-state index in [2.05, 4.69) is 24.6 Å². The van der Waals surface area contributed by atoms with E-state index in [0.29, 0.717) is 0 Å². The zero-order valence-corrected chi connectivity index (χ0v) is 9.02. The zero-order valence-electron chi connectivity index (χ0n) is 9.02. The van der Waals surface area contributed by atoms with Gasteiger partial charge in [0, 0.05) is 17.5 Å². The van der Waals surface area contributed by atoms with Crippen molar-refractivity contribution in [2.24, 2.45) is 0 Å². The fraction of sp³-hybridized carbons (Fsp3) is 0.333. The number of hydrogen-bond donors (Lipinski definition) is 1. The number of hydrogen-bond acceptors (Lipinski definition) is 0. The third kappa shape index (κ3) is 2.94. The lowest BCUT2D eigenvalue weighted by Gasteiger charge is -1.92. The lowest BCUT2D eigenvalue weighted by atomic mass is 10.1. The van der Waals surface area contributed by atoms with Crippen molar-refractivity contribution >= 4 is 12.2 Å². The molecule has 0 spiro atoms. The Morgan fingerprint density at radius 2 is 2.00 bits per heavy atom. The highest BCUT2D eigenvalue weighted by molar-refractivity contribution is 5.64. The summed E-state index contributed by atoms with van der Waals surface area (Å²) < 4.78 is 0. The van der Waals surface area contributed by atoms with Gasteiger partial charge in [0.05, 0.1) is 0 Å². The molecule has 0 aliphatic carbocycles. The fourth-order valence-corrected chi connectivity index (χ4v) is 1.11. The summed E-state index contributed by atoms with van der Waals surface area (Å²) in [5.74, 6) is 0. The first kappa shape index (κ1) is 11.8. The van der Waals surface area contributed by atoms with Gasteiger partial charge < -0.3 is 4.98 Å². The second-order valence-corrected chi connectivity index (χ2v) is 2.50. The summed E-state index contributed by atoms with van der Waals surface area (Å²) in [4.78, 5) is 3.14. The SMILES string of the molecule is C=Cc1[nH]cc(C)c1/C=C\C.CC. The molecule has 0 aliphatic heterocycles. The molecule has 1 aromatic rings. The van der Waals surface area contributed by atoms with Crippen molar-refractivity contribution in [3.05, 3.63) is 35.7 Å². The van der Waals surface area contributed by atoms with Crippen molar-refractivity contribution in [3.8, 4) is 0 Å². The van der Waals surface area contributed by atoms with E-state index in [1.807, 2.05) is 39.1 Å². The van der Waals surface area contributed by atoms with Gasteiger partial charge in [0.1, 0.15) is 0 Å². The normalized spacial score (nSPS) is 9.54. The van der Waals surface area contributed by atoms with Crippen LogP contribution in [-0.2, 0) is 0 Å². The summed E-state index contributed by atoms with van der Waals surface area (Å²) in [5.41, 5.74) is 3.60.